The predicted octanol–water partition coefficient (Wildman–Crippen LogP) is 2.24. The molecule has 0 atom stereocenters. The van der Waals surface area contributed by atoms with Crippen molar-refractivity contribution in [3.05, 3.63) is 59.4 Å². The summed E-state index contributed by atoms with van der Waals surface area (Å²) in [5, 5.41) is 4.33. The molecule has 8 nitrogen and oxygen atoms in total. The zero-order chi connectivity index (χ0) is 22.9. The molecule has 0 spiro atoms. The van der Waals surface area contributed by atoms with Crippen LogP contribution in [0.4, 0.5) is 10.2 Å². The minimum atomic E-state index is -0.205. The van der Waals surface area contributed by atoms with Crippen LogP contribution in [0.3, 0.4) is 0 Å². The summed E-state index contributed by atoms with van der Waals surface area (Å²) in [6, 6.07) is 6.73. The van der Waals surface area contributed by atoms with E-state index in [9.17, 15) is 9.18 Å². The lowest BCUT2D eigenvalue weighted by Gasteiger charge is -2.37. The molecular formula is C24H28FN7O. The monoisotopic (exact) mass is 449 g/mol. The van der Waals surface area contributed by atoms with Crippen molar-refractivity contribution in [3.8, 4) is 11.3 Å². The fourth-order valence-electron chi connectivity index (χ4n) is 4.51. The van der Waals surface area contributed by atoms with Crippen molar-refractivity contribution in [2.24, 2.45) is 7.05 Å². The highest BCUT2D eigenvalue weighted by Crippen LogP contribution is 2.31. The number of piperazine rings is 1. The molecule has 0 radical (unpaired) electrons. The van der Waals surface area contributed by atoms with E-state index in [2.05, 4.69) is 14.9 Å². The number of hydrogen-bond donors (Lipinski definition) is 0. The average molecular weight is 450 g/mol. The van der Waals surface area contributed by atoms with Crippen LogP contribution in [-0.4, -0.2) is 68.2 Å². The average Bonchev–Trinajstić information content (AvgIpc) is 3.26. The smallest absolute Gasteiger partial charge is 0.219 e. The number of carbonyl (C=O) groups is 1. The molecule has 1 amide bonds. The lowest BCUT2D eigenvalue weighted by atomic mass is 10.1. The second-order valence-electron chi connectivity index (χ2n) is 8.77. The van der Waals surface area contributed by atoms with Crippen molar-refractivity contribution in [3.63, 3.8) is 0 Å². The summed E-state index contributed by atoms with van der Waals surface area (Å²) in [6.07, 6.45) is 4.49. The Morgan fingerprint density at radius 1 is 1.03 bits per heavy atom. The van der Waals surface area contributed by atoms with Crippen LogP contribution >= 0.6 is 0 Å². The first-order valence-electron chi connectivity index (χ1n) is 11.3. The van der Waals surface area contributed by atoms with Crippen LogP contribution in [0.25, 0.3) is 11.3 Å². The van der Waals surface area contributed by atoms with Crippen molar-refractivity contribution in [2.45, 2.75) is 26.4 Å². The minimum Gasteiger partial charge on any atom is -0.352 e. The summed E-state index contributed by atoms with van der Waals surface area (Å²) in [7, 11) is 1.89. The van der Waals surface area contributed by atoms with E-state index in [0.717, 1.165) is 66.8 Å². The van der Waals surface area contributed by atoms with Crippen LogP contribution in [-0.2, 0) is 31.4 Å². The number of carbonyl (C=O) groups excluding carboxylic acids is 1. The van der Waals surface area contributed by atoms with Crippen LogP contribution in [0.5, 0.6) is 0 Å². The number of rotatable bonds is 4. The third-order valence-electron chi connectivity index (χ3n) is 6.41. The van der Waals surface area contributed by atoms with Gasteiger partial charge in [-0.25, -0.2) is 14.4 Å². The number of amides is 1. The Bertz CT molecular complexity index is 1150. The molecule has 5 rings (SSSR count). The molecule has 0 saturated carbocycles. The first-order valence-corrected chi connectivity index (χ1v) is 11.3. The molecule has 3 aromatic rings. The Hall–Kier alpha value is -3.33. The molecule has 2 aliphatic rings. The van der Waals surface area contributed by atoms with Gasteiger partial charge in [0.1, 0.15) is 11.5 Å². The standard InChI is InChI=1S/C24H28FN7O/c1-17(33)32-8-7-21-22(16-32)27-23(19-13-26-29(2)15-19)24(28-21)31-11-9-30(10-12-31)14-18-3-5-20(25)6-4-18/h3-6,13,15H,7-12,14,16H2,1-2H3. The van der Waals surface area contributed by atoms with Gasteiger partial charge >= 0.3 is 0 Å². The second-order valence-corrected chi connectivity index (χ2v) is 8.77. The van der Waals surface area contributed by atoms with Gasteiger partial charge < -0.3 is 9.80 Å². The van der Waals surface area contributed by atoms with E-state index in [4.69, 9.17) is 9.97 Å². The summed E-state index contributed by atoms with van der Waals surface area (Å²) in [5.41, 5.74) is 4.71. The van der Waals surface area contributed by atoms with Gasteiger partial charge in [-0.2, -0.15) is 5.10 Å². The molecule has 9 heteroatoms. The normalized spacial score (nSPS) is 16.7. The Balaban J connectivity index is 1.38. The number of aromatic nitrogens is 4. The quantitative estimate of drug-likeness (QED) is 0.609. The first kappa shape index (κ1) is 21.5. The molecule has 0 unspecified atom stereocenters. The summed E-state index contributed by atoms with van der Waals surface area (Å²) < 4.78 is 15.0. The zero-order valence-corrected chi connectivity index (χ0v) is 19.0. The summed E-state index contributed by atoms with van der Waals surface area (Å²) in [4.78, 5) is 28.5. The predicted molar refractivity (Wildman–Crippen MR) is 123 cm³/mol. The van der Waals surface area contributed by atoms with Gasteiger partial charge in [-0.15, -0.1) is 0 Å². The van der Waals surface area contributed by atoms with E-state index >= 15 is 0 Å². The third-order valence-corrected chi connectivity index (χ3v) is 6.41. The molecular weight excluding hydrogens is 421 g/mol. The Morgan fingerprint density at radius 3 is 2.45 bits per heavy atom. The first-order chi connectivity index (χ1) is 16.0. The van der Waals surface area contributed by atoms with Gasteiger partial charge in [-0.3, -0.25) is 14.4 Å². The van der Waals surface area contributed by atoms with Crippen LogP contribution < -0.4 is 4.90 Å². The number of anilines is 1. The van der Waals surface area contributed by atoms with Gasteiger partial charge in [-0.1, -0.05) is 12.1 Å². The largest absolute Gasteiger partial charge is 0.352 e. The Kier molecular flexibility index (Phi) is 5.80. The van der Waals surface area contributed by atoms with Gasteiger partial charge in [0.15, 0.2) is 5.82 Å². The molecule has 33 heavy (non-hydrogen) atoms. The highest BCUT2D eigenvalue weighted by Gasteiger charge is 2.27. The van der Waals surface area contributed by atoms with E-state index in [1.165, 1.54) is 12.1 Å². The molecule has 4 heterocycles. The van der Waals surface area contributed by atoms with Crippen molar-refractivity contribution in [1.82, 2.24) is 29.5 Å². The Morgan fingerprint density at radius 2 is 1.79 bits per heavy atom. The van der Waals surface area contributed by atoms with Crippen molar-refractivity contribution in [1.29, 1.82) is 0 Å². The van der Waals surface area contributed by atoms with E-state index in [0.29, 0.717) is 19.5 Å². The molecule has 1 aromatic carbocycles. The fraction of sp³-hybridized carbons (Fsp3) is 0.417. The summed E-state index contributed by atoms with van der Waals surface area (Å²) >= 11 is 0. The maximum atomic E-state index is 13.2. The minimum absolute atomic E-state index is 0.0618. The van der Waals surface area contributed by atoms with Gasteiger partial charge in [0.25, 0.3) is 0 Å². The summed E-state index contributed by atoms with van der Waals surface area (Å²) in [5.74, 6) is 0.745. The van der Waals surface area contributed by atoms with Gasteiger partial charge in [0.05, 0.1) is 24.1 Å². The van der Waals surface area contributed by atoms with E-state index in [1.807, 2.05) is 36.5 Å². The van der Waals surface area contributed by atoms with Gasteiger partial charge in [0, 0.05) is 71.4 Å². The van der Waals surface area contributed by atoms with Crippen LogP contribution in [0, 0.1) is 5.82 Å². The molecule has 172 valence electrons. The van der Waals surface area contributed by atoms with E-state index in [1.54, 1.807) is 11.6 Å². The lowest BCUT2D eigenvalue weighted by molar-refractivity contribution is -0.129. The molecule has 0 aliphatic carbocycles. The number of fused-ring (bicyclic) bond motifs is 1. The fourth-order valence-corrected chi connectivity index (χ4v) is 4.51. The molecule has 1 saturated heterocycles. The topological polar surface area (TPSA) is 70.4 Å². The third kappa shape index (κ3) is 4.59. The molecule has 1 fully saturated rings. The Labute approximate surface area is 192 Å². The van der Waals surface area contributed by atoms with Crippen molar-refractivity contribution >= 4 is 11.7 Å². The molecule has 0 bridgehead atoms. The van der Waals surface area contributed by atoms with Crippen LogP contribution in [0.2, 0.25) is 0 Å². The highest BCUT2D eigenvalue weighted by atomic mass is 19.1. The molecule has 0 N–H and O–H groups in total. The van der Waals surface area contributed by atoms with E-state index in [-0.39, 0.29) is 11.7 Å². The number of aryl methyl sites for hydroxylation is 1. The highest BCUT2D eigenvalue weighted by molar-refractivity contribution is 5.74. The SMILES string of the molecule is CC(=O)N1CCc2nc(N3CCN(Cc4ccc(F)cc4)CC3)c(-c3cnn(C)c3)nc2C1. The second kappa shape index (κ2) is 8.90. The maximum Gasteiger partial charge on any atom is 0.219 e. The molecule has 2 aliphatic heterocycles. The maximum absolute atomic E-state index is 13.2. The van der Waals surface area contributed by atoms with Crippen molar-refractivity contribution < 1.29 is 9.18 Å². The van der Waals surface area contributed by atoms with Crippen molar-refractivity contribution in [2.75, 3.05) is 37.6 Å². The van der Waals surface area contributed by atoms with E-state index < -0.39 is 0 Å². The summed E-state index contributed by atoms with van der Waals surface area (Å²) in [6.45, 7) is 7.02. The lowest BCUT2D eigenvalue weighted by Crippen LogP contribution is -2.46. The number of hydrogen-bond acceptors (Lipinski definition) is 6. The van der Waals surface area contributed by atoms with Crippen LogP contribution in [0.1, 0.15) is 23.9 Å². The van der Waals surface area contributed by atoms with Crippen LogP contribution in [0.15, 0.2) is 36.7 Å². The number of halogens is 1. The zero-order valence-electron chi connectivity index (χ0n) is 19.0. The molecule has 2 aromatic heterocycles. The van der Waals surface area contributed by atoms with Gasteiger partial charge in [-0.05, 0) is 17.7 Å². The number of benzene rings is 1. The van der Waals surface area contributed by atoms with Gasteiger partial charge in [0.2, 0.25) is 5.91 Å². The number of nitrogens with zero attached hydrogens (tertiary/aromatic N) is 7.